The van der Waals surface area contributed by atoms with Gasteiger partial charge in [0.15, 0.2) is 0 Å². The monoisotopic (exact) mass is 352 g/mol. The van der Waals surface area contributed by atoms with Crippen molar-refractivity contribution in [3.05, 3.63) is 70.1 Å². The van der Waals surface area contributed by atoms with E-state index < -0.39 is 0 Å². The Balaban J connectivity index is 1.57. The van der Waals surface area contributed by atoms with Gasteiger partial charge in [0, 0.05) is 0 Å². The van der Waals surface area contributed by atoms with Crippen molar-refractivity contribution in [1.29, 1.82) is 0 Å². The molecule has 126 valence electrons. The zero-order valence-corrected chi connectivity index (χ0v) is 14.4. The Bertz CT molecular complexity index is 1110. The van der Waals surface area contributed by atoms with Crippen molar-refractivity contribution in [1.82, 2.24) is 19.5 Å². The molecule has 0 aliphatic rings. The summed E-state index contributed by atoms with van der Waals surface area (Å²) < 4.78 is 3.99. The van der Waals surface area contributed by atoms with Crippen LogP contribution in [0, 0.1) is 0 Å². The summed E-state index contributed by atoms with van der Waals surface area (Å²) in [5, 5.41) is 9.01. The molecule has 0 fully saturated rings. The predicted molar refractivity (Wildman–Crippen MR) is 97.8 cm³/mol. The molecule has 0 aliphatic carbocycles. The number of hydrogen-bond donors (Lipinski definition) is 1. The minimum absolute atomic E-state index is 0.106. The maximum atomic E-state index is 12.6. The van der Waals surface area contributed by atoms with Crippen LogP contribution >= 0.6 is 11.3 Å². The van der Waals surface area contributed by atoms with Crippen molar-refractivity contribution < 1.29 is 4.79 Å². The fourth-order valence-corrected chi connectivity index (χ4v) is 3.70. The largest absolute Gasteiger partial charge is 0.348 e. The van der Waals surface area contributed by atoms with Gasteiger partial charge in [-0.15, -0.1) is 11.3 Å². The van der Waals surface area contributed by atoms with Gasteiger partial charge >= 0.3 is 0 Å². The fourth-order valence-electron chi connectivity index (χ4n) is 2.89. The standard InChI is InChI=1S/C18H16N4O2S/c1-12(13-5-3-2-4-6-13)20-17(23)10-22-18(24)15-9-16-14(7-8-25-16)21(15)11-19-22/h2-9,11-12H,10H2,1H3,(H,20,23)/t12-/m0/s1. The molecular formula is C18H16N4O2S. The van der Waals surface area contributed by atoms with Gasteiger partial charge < -0.3 is 5.32 Å². The molecule has 1 atom stereocenters. The third kappa shape index (κ3) is 2.83. The number of carbonyl (C=O) groups is 1. The predicted octanol–water partition coefficient (Wildman–Crippen LogP) is 2.59. The molecule has 4 aromatic rings. The van der Waals surface area contributed by atoms with E-state index in [1.807, 2.05) is 54.8 Å². The Morgan fingerprint density at radius 2 is 2.04 bits per heavy atom. The van der Waals surface area contributed by atoms with Crippen molar-refractivity contribution in [2.24, 2.45) is 0 Å². The van der Waals surface area contributed by atoms with E-state index in [1.54, 1.807) is 22.1 Å². The molecule has 3 heterocycles. The fraction of sp³-hybridized carbons (Fsp3) is 0.167. The number of thiophene rings is 1. The van der Waals surface area contributed by atoms with Gasteiger partial charge in [-0.25, -0.2) is 4.68 Å². The summed E-state index contributed by atoms with van der Waals surface area (Å²) >= 11 is 1.57. The highest BCUT2D eigenvalue weighted by atomic mass is 32.1. The normalized spacial score (nSPS) is 12.5. The molecule has 3 aromatic heterocycles. The van der Waals surface area contributed by atoms with Crippen LogP contribution in [0.15, 0.2) is 59.0 Å². The van der Waals surface area contributed by atoms with E-state index in [-0.39, 0.29) is 24.1 Å². The van der Waals surface area contributed by atoms with Gasteiger partial charge in [-0.2, -0.15) is 5.10 Å². The van der Waals surface area contributed by atoms with Gasteiger partial charge in [0.2, 0.25) is 5.91 Å². The Labute approximate surface area is 147 Å². The summed E-state index contributed by atoms with van der Waals surface area (Å²) in [7, 11) is 0. The molecule has 4 rings (SSSR count). The highest BCUT2D eigenvalue weighted by Crippen LogP contribution is 2.23. The second-order valence-corrected chi connectivity index (χ2v) is 6.81. The van der Waals surface area contributed by atoms with Gasteiger partial charge in [0.05, 0.1) is 16.3 Å². The van der Waals surface area contributed by atoms with Crippen molar-refractivity contribution in [3.8, 4) is 0 Å². The highest BCUT2D eigenvalue weighted by Gasteiger charge is 2.14. The summed E-state index contributed by atoms with van der Waals surface area (Å²) in [6.07, 6.45) is 1.58. The number of benzene rings is 1. The van der Waals surface area contributed by atoms with Crippen LogP contribution in [0.2, 0.25) is 0 Å². The maximum absolute atomic E-state index is 12.6. The first-order valence-electron chi connectivity index (χ1n) is 7.92. The molecule has 0 saturated heterocycles. The summed E-state index contributed by atoms with van der Waals surface area (Å²) in [6, 6.07) is 13.3. The highest BCUT2D eigenvalue weighted by molar-refractivity contribution is 7.17. The van der Waals surface area contributed by atoms with E-state index in [9.17, 15) is 9.59 Å². The Morgan fingerprint density at radius 3 is 2.84 bits per heavy atom. The topological polar surface area (TPSA) is 68.4 Å². The lowest BCUT2D eigenvalue weighted by atomic mass is 10.1. The summed E-state index contributed by atoms with van der Waals surface area (Å²) in [6.45, 7) is 1.80. The Kier molecular flexibility index (Phi) is 3.85. The lowest BCUT2D eigenvalue weighted by molar-refractivity contribution is -0.122. The minimum atomic E-state index is -0.270. The number of nitrogens with zero attached hydrogens (tertiary/aromatic N) is 3. The average molecular weight is 352 g/mol. The number of amides is 1. The molecule has 0 unspecified atom stereocenters. The lowest BCUT2D eigenvalue weighted by Crippen LogP contribution is -2.35. The smallest absolute Gasteiger partial charge is 0.291 e. The molecule has 6 nitrogen and oxygen atoms in total. The number of nitrogens with one attached hydrogen (secondary N) is 1. The minimum Gasteiger partial charge on any atom is -0.348 e. The molecular weight excluding hydrogens is 336 g/mol. The zero-order chi connectivity index (χ0) is 17.4. The molecule has 1 N–H and O–H groups in total. The van der Waals surface area contributed by atoms with E-state index >= 15 is 0 Å². The van der Waals surface area contributed by atoms with Gasteiger partial charge in [-0.05, 0) is 30.0 Å². The number of carbonyl (C=O) groups excluding carboxylic acids is 1. The van der Waals surface area contributed by atoms with Crippen molar-refractivity contribution in [2.75, 3.05) is 0 Å². The molecule has 25 heavy (non-hydrogen) atoms. The first-order valence-corrected chi connectivity index (χ1v) is 8.80. The molecule has 1 amide bonds. The van der Waals surface area contributed by atoms with Crippen molar-refractivity contribution in [3.63, 3.8) is 0 Å². The summed E-state index contributed by atoms with van der Waals surface area (Å²) in [4.78, 5) is 24.9. The number of hydrogen-bond acceptors (Lipinski definition) is 4. The third-order valence-corrected chi connectivity index (χ3v) is 5.04. The molecule has 0 spiro atoms. The van der Waals surface area contributed by atoms with Crippen LogP contribution in [-0.4, -0.2) is 20.1 Å². The SMILES string of the molecule is C[C@H](NC(=O)Cn1ncn2c(cc3sccc32)c1=O)c1ccccc1. The van der Waals surface area contributed by atoms with Crippen LogP contribution in [-0.2, 0) is 11.3 Å². The van der Waals surface area contributed by atoms with Crippen LogP contribution in [0.3, 0.4) is 0 Å². The van der Waals surface area contributed by atoms with Gasteiger partial charge in [-0.3, -0.25) is 14.0 Å². The quantitative estimate of drug-likeness (QED) is 0.614. The Morgan fingerprint density at radius 1 is 1.24 bits per heavy atom. The van der Waals surface area contributed by atoms with Crippen LogP contribution in [0.25, 0.3) is 15.7 Å². The van der Waals surface area contributed by atoms with E-state index in [4.69, 9.17) is 0 Å². The van der Waals surface area contributed by atoms with Crippen molar-refractivity contribution >= 4 is 33.0 Å². The maximum Gasteiger partial charge on any atom is 0.291 e. The molecule has 0 saturated carbocycles. The molecule has 1 aromatic carbocycles. The van der Waals surface area contributed by atoms with Crippen LogP contribution in [0.1, 0.15) is 18.5 Å². The molecule has 0 bridgehead atoms. The van der Waals surface area contributed by atoms with E-state index in [0.29, 0.717) is 5.52 Å². The number of fused-ring (bicyclic) bond motifs is 3. The van der Waals surface area contributed by atoms with E-state index in [2.05, 4.69) is 10.4 Å². The van der Waals surface area contributed by atoms with E-state index in [1.165, 1.54) is 4.68 Å². The summed E-state index contributed by atoms with van der Waals surface area (Å²) in [5.74, 6) is -0.247. The number of aromatic nitrogens is 3. The number of rotatable bonds is 4. The van der Waals surface area contributed by atoms with Gasteiger partial charge in [0.25, 0.3) is 5.56 Å². The molecule has 0 radical (unpaired) electrons. The summed E-state index contributed by atoms with van der Waals surface area (Å²) in [5.41, 5.74) is 2.23. The van der Waals surface area contributed by atoms with Crippen LogP contribution in [0.5, 0.6) is 0 Å². The average Bonchev–Trinajstić information content (AvgIpc) is 3.20. The molecule has 0 aliphatic heterocycles. The second kappa shape index (κ2) is 6.18. The second-order valence-electron chi connectivity index (χ2n) is 5.86. The first-order chi connectivity index (χ1) is 12.1. The van der Waals surface area contributed by atoms with Gasteiger partial charge in [0.1, 0.15) is 18.4 Å². The first kappa shape index (κ1) is 15.6. The van der Waals surface area contributed by atoms with Crippen LogP contribution < -0.4 is 10.9 Å². The Hall–Kier alpha value is -2.93. The zero-order valence-electron chi connectivity index (χ0n) is 13.5. The van der Waals surface area contributed by atoms with Crippen LogP contribution in [0.4, 0.5) is 0 Å². The van der Waals surface area contributed by atoms with E-state index in [0.717, 1.165) is 15.8 Å². The van der Waals surface area contributed by atoms with Gasteiger partial charge in [-0.1, -0.05) is 30.3 Å². The molecule has 7 heteroatoms. The lowest BCUT2D eigenvalue weighted by Gasteiger charge is -2.14. The third-order valence-electron chi connectivity index (χ3n) is 4.19. The van der Waals surface area contributed by atoms with Crippen molar-refractivity contribution in [2.45, 2.75) is 19.5 Å².